The van der Waals surface area contributed by atoms with Crippen LogP contribution in [0.1, 0.15) is 0 Å². The molecule has 0 aliphatic carbocycles. The Balaban J connectivity index is 1.16. The molecule has 9 aromatic rings. The number of hydrogen-bond donors (Lipinski definition) is 0. The number of hydrogen-bond acceptors (Lipinski definition) is 5. The first kappa shape index (κ1) is 25.3. The number of rotatable bonds is 4. The fourth-order valence-corrected chi connectivity index (χ4v) is 8.68. The summed E-state index contributed by atoms with van der Waals surface area (Å²) in [6.07, 6.45) is 0. The van der Waals surface area contributed by atoms with E-state index in [1.807, 2.05) is 83.3 Å². The van der Waals surface area contributed by atoms with Crippen molar-refractivity contribution in [3.05, 3.63) is 140 Å². The predicted molar refractivity (Wildman–Crippen MR) is 187 cm³/mol. The zero-order valence-corrected chi connectivity index (χ0v) is 25.1. The average Bonchev–Trinajstić information content (AvgIpc) is 3.68. The normalized spacial score (nSPS) is 11.6. The van der Waals surface area contributed by atoms with Crippen LogP contribution in [-0.2, 0) is 0 Å². The van der Waals surface area contributed by atoms with E-state index in [4.69, 9.17) is 15.0 Å². The molecule has 0 N–H and O–H groups in total. The van der Waals surface area contributed by atoms with Crippen LogP contribution in [0, 0.1) is 0 Å². The van der Waals surface area contributed by atoms with Gasteiger partial charge in [-0.2, -0.15) is 0 Å². The first-order valence-corrected chi connectivity index (χ1v) is 16.2. The average molecular weight is 598 g/mol. The van der Waals surface area contributed by atoms with Crippen LogP contribution < -0.4 is 0 Å². The van der Waals surface area contributed by atoms with Crippen LogP contribution in [0.2, 0.25) is 0 Å². The fraction of sp³-hybridized carbons (Fsp3) is 0. The number of thiophene rings is 2. The zero-order chi connectivity index (χ0) is 29.0. The van der Waals surface area contributed by atoms with Gasteiger partial charge >= 0.3 is 0 Å². The minimum absolute atomic E-state index is 0.663. The molecule has 0 saturated heterocycles. The molecule has 6 aromatic carbocycles. The van der Waals surface area contributed by atoms with Gasteiger partial charge in [-0.3, -0.25) is 0 Å². The molecule has 3 aromatic heterocycles. The first-order chi connectivity index (χ1) is 21.8. The molecular weight excluding hydrogens is 575 g/mol. The summed E-state index contributed by atoms with van der Waals surface area (Å²) >= 11 is 3.80. The summed E-state index contributed by atoms with van der Waals surface area (Å²) in [5.74, 6) is 2.00. The third kappa shape index (κ3) is 4.13. The molecule has 0 atom stereocenters. The minimum atomic E-state index is 0.663. The maximum atomic E-state index is 4.91. The fourth-order valence-electron chi connectivity index (χ4n) is 6.00. The summed E-state index contributed by atoms with van der Waals surface area (Å²) in [5, 5.41) is 5.32. The molecule has 5 heteroatoms. The molecule has 0 unspecified atom stereocenters. The van der Waals surface area contributed by atoms with E-state index >= 15 is 0 Å². The van der Waals surface area contributed by atoms with Gasteiger partial charge in [0.2, 0.25) is 0 Å². The maximum Gasteiger partial charge on any atom is 0.164 e. The Labute approximate surface area is 261 Å². The molecular formula is C39H23N3S2. The Kier molecular flexibility index (Phi) is 5.86. The van der Waals surface area contributed by atoms with E-state index in [-0.39, 0.29) is 0 Å². The summed E-state index contributed by atoms with van der Waals surface area (Å²) in [6.45, 7) is 0. The van der Waals surface area contributed by atoms with E-state index in [9.17, 15) is 0 Å². The molecule has 0 spiro atoms. The second-order valence-electron chi connectivity index (χ2n) is 10.8. The van der Waals surface area contributed by atoms with Gasteiger partial charge in [0, 0.05) is 47.6 Å². The van der Waals surface area contributed by atoms with Crippen molar-refractivity contribution in [1.82, 2.24) is 15.0 Å². The molecule has 0 radical (unpaired) electrons. The topological polar surface area (TPSA) is 38.7 Å². The van der Waals surface area contributed by atoms with Gasteiger partial charge in [0.1, 0.15) is 0 Å². The second kappa shape index (κ2) is 10.2. The molecule has 206 valence electrons. The largest absolute Gasteiger partial charge is 0.208 e. The van der Waals surface area contributed by atoms with Gasteiger partial charge in [-0.05, 0) is 17.2 Å². The van der Waals surface area contributed by atoms with Crippen LogP contribution in [-0.4, -0.2) is 15.0 Å². The lowest BCUT2D eigenvalue weighted by Crippen LogP contribution is -2.00. The highest BCUT2D eigenvalue weighted by atomic mass is 32.1. The van der Waals surface area contributed by atoms with Crippen molar-refractivity contribution in [2.24, 2.45) is 0 Å². The van der Waals surface area contributed by atoms with E-state index < -0.39 is 0 Å². The van der Waals surface area contributed by atoms with E-state index in [1.165, 1.54) is 51.5 Å². The summed E-state index contributed by atoms with van der Waals surface area (Å²) < 4.78 is 5.41. The summed E-state index contributed by atoms with van der Waals surface area (Å²) in [4.78, 5) is 14.7. The smallest absolute Gasteiger partial charge is 0.164 e. The monoisotopic (exact) mass is 597 g/mol. The third-order valence-corrected chi connectivity index (χ3v) is 10.8. The minimum Gasteiger partial charge on any atom is -0.208 e. The number of benzene rings is 6. The lowest BCUT2D eigenvalue weighted by molar-refractivity contribution is 1.07. The van der Waals surface area contributed by atoms with E-state index in [0.717, 1.165) is 16.7 Å². The Morgan fingerprint density at radius 2 is 0.795 bits per heavy atom. The molecule has 0 saturated carbocycles. The molecule has 44 heavy (non-hydrogen) atoms. The summed E-state index contributed by atoms with van der Waals surface area (Å²) in [5.41, 5.74) is 5.32. The van der Waals surface area contributed by atoms with Gasteiger partial charge in [-0.15, -0.1) is 22.7 Å². The van der Waals surface area contributed by atoms with Crippen molar-refractivity contribution >= 4 is 63.0 Å². The van der Waals surface area contributed by atoms with E-state index in [0.29, 0.717) is 17.5 Å². The molecule has 0 bridgehead atoms. The highest BCUT2D eigenvalue weighted by molar-refractivity contribution is 7.33. The van der Waals surface area contributed by atoms with E-state index in [2.05, 4.69) is 78.9 Å². The summed E-state index contributed by atoms with van der Waals surface area (Å²) in [7, 11) is 0. The van der Waals surface area contributed by atoms with Crippen LogP contribution in [0.4, 0.5) is 0 Å². The molecule has 3 heterocycles. The van der Waals surface area contributed by atoms with Crippen LogP contribution in [0.5, 0.6) is 0 Å². The maximum absolute atomic E-state index is 4.91. The number of nitrogens with zero attached hydrogens (tertiary/aromatic N) is 3. The zero-order valence-electron chi connectivity index (χ0n) is 23.4. The van der Waals surface area contributed by atoms with Crippen molar-refractivity contribution in [1.29, 1.82) is 0 Å². The Bertz CT molecular complexity index is 2420. The van der Waals surface area contributed by atoms with Gasteiger partial charge in [-0.25, -0.2) is 15.0 Å². The molecule has 3 nitrogen and oxygen atoms in total. The standard InChI is InChI=1S/C39H23N3S2/c1-3-10-25(11-4-1)37-40-38(26-12-5-2-6-13-26)42-39(41-37)27-20-18-24(19-21-27)28-15-9-16-30-32-23-22-31-29-14-7-8-17-33(29)43-35(31)36(32)44-34(28)30/h1-23H. The van der Waals surface area contributed by atoms with Gasteiger partial charge < -0.3 is 0 Å². The second-order valence-corrected chi connectivity index (χ2v) is 12.9. The van der Waals surface area contributed by atoms with Crippen LogP contribution in [0.3, 0.4) is 0 Å². The highest BCUT2D eigenvalue weighted by Gasteiger charge is 2.16. The van der Waals surface area contributed by atoms with Gasteiger partial charge in [0.25, 0.3) is 0 Å². The van der Waals surface area contributed by atoms with Crippen molar-refractivity contribution in [3.8, 4) is 45.3 Å². The Morgan fingerprint density at radius 1 is 0.318 bits per heavy atom. The van der Waals surface area contributed by atoms with Crippen LogP contribution in [0.15, 0.2) is 140 Å². The van der Waals surface area contributed by atoms with E-state index in [1.54, 1.807) is 0 Å². The lowest BCUT2D eigenvalue weighted by atomic mass is 10.0. The van der Waals surface area contributed by atoms with Crippen molar-refractivity contribution < 1.29 is 0 Å². The Hall–Kier alpha value is -5.23. The van der Waals surface area contributed by atoms with Crippen LogP contribution in [0.25, 0.3) is 85.6 Å². The SMILES string of the molecule is c1ccc(-c2nc(-c3ccccc3)nc(-c3ccc(-c4cccc5c4sc4c5ccc5c6ccccc6sc54)cc3)n2)cc1. The van der Waals surface area contributed by atoms with Gasteiger partial charge in [0.05, 0.1) is 9.40 Å². The number of fused-ring (bicyclic) bond motifs is 7. The van der Waals surface area contributed by atoms with Gasteiger partial charge in [0.15, 0.2) is 17.5 Å². The lowest BCUT2D eigenvalue weighted by Gasteiger charge is -2.09. The highest BCUT2D eigenvalue weighted by Crippen LogP contribution is 2.46. The number of aromatic nitrogens is 3. The van der Waals surface area contributed by atoms with Crippen LogP contribution >= 0.6 is 22.7 Å². The third-order valence-electron chi connectivity index (χ3n) is 8.16. The molecule has 0 fully saturated rings. The van der Waals surface area contributed by atoms with Crippen molar-refractivity contribution in [2.75, 3.05) is 0 Å². The molecule has 0 amide bonds. The quantitative estimate of drug-likeness (QED) is 0.203. The molecule has 0 aliphatic rings. The molecule has 0 aliphatic heterocycles. The Morgan fingerprint density at radius 3 is 1.45 bits per heavy atom. The van der Waals surface area contributed by atoms with Gasteiger partial charge in [-0.1, -0.05) is 133 Å². The summed E-state index contributed by atoms with van der Waals surface area (Å²) in [6, 6.07) is 48.8. The van der Waals surface area contributed by atoms with Crippen molar-refractivity contribution in [3.63, 3.8) is 0 Å². The molecule has 9 rings (SSSR count). The first-order valence-electron chi connectivity index (χ1n) is 14.5. The van der Waals surface area contributed by atoms with Crippen molar-refractivity contribution in [2.45, 2.75) is 0 Å². The predicted octanol–water partition coefficient (Wildman–Crippen LogP) is 11.3.